The first-order valence-electron chi connectivity index (χ1n) is 9.76. The summed E-state index contributed by atoms with van der Waals surface area (Å²) in [5, 5.41) is 9.24. The molecule has 4 heteroatoms. The van der Waals surface area contributed by atoms with E-state index in [1.54, 1.807) is 11.3 Å². The van der Waals surface area contributed by atoms with Gasteiger partial charge in [0.25, 0.3) is 0 Å². The van der Waals surface area contributed by atoms with Crippen molar-refractivity contribution in [2.45, 2.75) is 25.5 Å². The fourth-order valence-electron chi connectivity index (χ4n) is 3.82. The summed E-state index contributed by atoms with van der Waals surface area (Å²) in [4.78, 5) is 4.95. The molecule has 1 atom stereocenters. The molecule has 28 heavy (non-hydrogen) atoms. The van der Waals surface area contributed by atoms with Crippen molar-refractivity contribution >= 4 is 22.1 Å². The average molecular weight is 387 g/mol. The van der Waals surface area contributed by atoms with Gasteiger partial charge in [-0.3, -0.25) is 0 Å². The third-order valence-electron chi connectivity index (χ3n) is 5.28. The van der Waals surface area contributed by atoms with E-state index in [0.717, 1.165) is 23.4 Å². The molecule has 1 N–H and O–H groups in total. The number of hydrogen-bond acceptors (Lipinski definition) is 4. The second kappa shape index (κ2) is 7.74. The molecule has 0 saturated carbocycles. The van der Waals surface area contributed by atoms with E-state index >= 15 is 0 Å². The van der Waals surface area contributed by atoms with E-state index in [1.807, 2.05) is 18.2 Å². The third kappa shape index (κ3) is 3.41. The molecule has 5 rings (SSSR count). The zero-order valence-corrected chi connectivity index (χ0v) is 16.4. The summed E-state index contributed by atoms with van der Waals surface area (Å²) in [5.74, 6) is 0.913. The summed E-state index contributed by atoms with van der Waals surface area (Å²) < 4.78 is 6.15. The molecule has 0 unspecified atom stereocenters. The van der Waals surface area contributed by atoms with Crippen LogP contribution in [0, 0.1) is 0 Å². The van der Waals surface area contributed by atoms with E-state index in [-0.39, 0.29) is 0 Å². The van der Waals surface area contributed by atoms with E-state index in [1.165, 1.54) is 34.4 Å². The number of hydrogen-bond donors (Lipinski definition) is 1. The van der Waals surface area contributed by atoms with Crippen molar-refractivity contribution in [1.82, 2.24) is 10.3 Å². The van der Waals surface area contributed by atoms with Gasteiger partial charge in [-0.2, -0.15) is 0 Å². The maximum atomic E-state index is 6.15. The maximum Gasteiger partial charge on any atom is 0.127 e. The molecular formula is C24H22N2OS. The molecule has 0 radical (unpaired) electrons. The molecule has 3 nitrogen and oxygen atoms in total. The van der Waals surface area contributed by atoms with E-state index in [4.69, 9.17) is 9.72 Å². The van der Waals surface area contributed by atoms with Crippen LogP contribution in [0.4, 0.5) is 0 Å². The molecule has 140 valence electrons. The van der Waals surface area contributed by atoms with Gasteiger partial charge in [-0.15, -0.1) is 11.3 Å². The van der Waals surface area contributed by atoms with Crippen LogP contribution >= 0.6 is 11.3 Å². The van der Waals surface area contributed by atoms with E-state index in [0.29, 0.717) is 12.6 Å². The Morgan fingerprint density at radius 1 is 0.964 bits per heavy atom. The summed E-state index contributed by atoms with van der Waals surface area (Å²) in [7, 11) is 0. The quantitative estimate of drug-likeness (QED) is 0.459. The van der Waals surface area contributed by atoms with Crippen LogP contribution in [-0.2, 0) is 6.61 Å². The Hall–Kier alpha value is -2.69. The predicted molar refractivity (Wildman–Crippen MR) is 116 cm³/mol. The Kier molecular flexibility index (Phi) is 4.81. The van der Waals surface area contributed by atoms with Crippen LogP contribution in [0.15, 0.2) is 72.1 Å². The molecule has 4 aromatic rings. The van der Waals surface area contributed by atoms with Gasteiger partial charge in [0, 0.05) is 16.3 Å². The minimum atomic E-state index is 0.415. The summed E-state index contributed by atoms with van der Waals surface area (Å²) in [6.07, 6.45) is 2.41. The lowest BCUT2D eigenvalue weighted by Gasteiger charge is -2.12. The van der Waals surface area contributed by atoms with Crippen LogP contribution in [0.1, 0.15) is 29.5 Å². The van der Waals surface area contributed by atoms with Gasteiger partial charge in [0.2, 0.25) is 0 Å². The van der Waals surface area contributed by atoms with Gasteiger partial charge in [0.15, 0.2) is 0 Å². The van der Waals surface area contributed by atoms with Gasteiger partial charge in [0.1, 0.15) is 17.4 Å². The van der Waals surface area contributed by atoms with Crippen molar-refractivity contribution in [2.24, 2.45) is 0 Å². The van der Waals surface area contributed by atoms with Gasteiger partial charge in [0.05, 0.1) is 11.7 Å². The van der Waals surface area contributed by atoms with E-state index in [9.17, 15) is 0 Å². The molecule has 0 aliphatic carbocycles. The Bertz CT molecular complexity index is 1080. The lowest BCUT2D eigenvalue weighted by molar-refractivity contribution is 0.310. The number of aromatic nitrogens is 1. The highest BCUT2D eigenvalue weighted by molar-refractivity contribution is 7.10. The molecule has 3 aromatic carbocycles. The second-order valence-corrected chi connectivity index (χ2v) is 8.04. The highest BCUT2D eigenvalue weighted by atomic mass is 32.1. The van der Waals surface area contributed by atoms with Gasteiger partial charge >= 0.3 is 0 Å². The number of nitrogens with zero attached hydrogens (tertiary/aromatic N) is 1. The summed E-state index contributed by atoms with van der Waals surface area (Å²) in [5.41, 5.74) is 3.39. The summed E-state index contributed by atoms with van der Waals surface area (Å²) in [6.45, 7) is 1.66. The maximum absolute atomic E-state index is 6.15. The second-order valence-electron chi connectivity index (χ2n) is 7.15. The molecule has 1 aliphatic heterocycles. The Labute approximate surface area is 169 Å². The van der Waals surface area contributed by atoms with Crippen molar-refractivity contribution in [3.05, 3.63) is 82.7 Å². The van der Waals surface area contributed by atoms with Crippen LogP contribution < -0.4 is 10.1 Å². The number of nitrogens with one attached hydrogen (secondary N) is 1. The van der Waals surface area contributed by atoms with Gasteiger partial charge in [-0.05, 0) is 42.5 Å². The largest absolute Gasteiger partial charge is 0.488 e. The fraction of sp³-hybridized carbons (Fsp3) is 0.208. The van der Waals surface area contributed by atoms with Gasteiger partial charge in [-0.1, -0.05) is 54.6 Å². The fourth-order valence-corrected chi connectivity index (χ4v) is 4.75. The smallest absolute Gasteiger partial charge is 0.127 e. The van der Waals surface area contributed by atoms with Crippen LogP contribution in [0.2, 0.25) is 0 Å². The van der Waals surface area contributed by atoms with Crippen molar-refractivity contribution in [1.29, 1.82) is 0 Å². The van der Waals surface area contributed by atoms with Gasteiger partial charge in [-0.25, -0.2) is 4.98 Å². The Morgan fingerprint density at radius 3 is 2.61 bits per heavy atom. The van der Waals surface area contributed by atoms with Crippen LogP contribution in [0.25, 0.3) is 22.0 Å². The predicted octanol–water partition coefficient (Wildman–Crippen LogP) is 5.97. The lowest BCUT2D eigenvalue weighted by atomic mass is 10.0. The topological polar surface area (TPSA) is 34.1 Å². The van der Waals surface area contributed by atoms with Crippen molar-refractivity contribution in [2.75, 3.05) is 6.54 Å². The van der Waals surface area contributed by atoms with Crippen LogP contribution in [-0.4, -0.2) is 11.5 Å². The number of benzene rings is 3. The zero-order chi connectivity index (χ0) is 18.8. The first kappa shape index (κ1) is 17.4. The first-order chi connectivity index (χ1) is 13.9. The highest BCUT2D eigenvalue weighted by Crippen LogP contribution is 2.36. The Balaban J connectivity index is 1.47. The van der Waals surface area contributed by atoms with Gasteiger partial charge < -0.3 is 10.1 Å². The molecule has 0 bridgehead atoms. The normalized spacial score (nSPS) is 16.5. The van der Waals surface area contributed by atoms with Crippen molar-refractivity contribution in [3.8, 4) is 17.0 Å². The zero-order valence-electron chi connectivity index (χ0n) is 15.6. The molecule has 0 amide bonds. The summed E-state index contributed by atoms with van der Waals surface area (Å²) >= 11 is 1.76. The number of rotatable bonds is 5. The summed E-state index contributed by atoms with van der Waals surface area (Å²) in [6, 6.07) is 23.4. The van der Waals surface area contributed by atoms with E-state index < -0.39 is 0 Å². The highest BCUT2D eigenvalue weighted by Gasteiger charge is 2.20. The first-order valence-corrected chi connectivity index (χ1v) is 10.6. The minimum Gasteiger partial charge on any atom is -0.488 e. The molecule has 1 aliphatic rings. The molecule has 1 saturated heterocycles. The average Bonchev–Trinajstić information content (AvgIpc) is 3.44. The van der Waals surface area contributed by atoms with Crippen molar-refractivity contribution in [3.63, 3.8) is 0 Å². The minimum absolute atomic E-state index is 0.415. The molecule has 1 fully saturated rings. The van der Waals surface area contributed by atoms with Crippen LogP contribution in [0.3, 0.4) is 0 Å². The monoisotopic (exact) mass is 386 g/mol. The standard InChI is InChI=1S/C24H22N2OS/c1-2-7-17(8-3-1)15-27-23-13-12-19(18-9-4-5-10-20(18)23)22-16-28-24(26-22)21-11-6-14-25-21/h1-5,7-10,12-13,16,21,25H,6,11,14-15H2/t21-/m0/s1. The van der Waals surface area contributed by atoms with Crippen LogP contribution in [0.5, 0.6) is 5.75 Å². The number of ether oxygens (including phenoxy) is 1. The van der Waals surface area contributed by atoms with Crippen molar-refractivity contribution < 1.29 is 4.74 Å². The molecule has 0 spiro atoms. The Morgan fingerprint density at radius 2 is 1.79 bits per heavy atom. The molecule has 1 aromatic heterocycles. The third-order valence-corrected chi connectivity index (χ3v) is 6.24. The molecular weight excluding hydrogens is 364 g/mol. The van der Waals surface area contributed by atoms with E-state index in [2.05, 4.69) is 59.2 Å². The SMILES string of the molecule is c1ccc(COc2ccc(-c3csc([C@@H]4CCCN4)n3)c3ccccc23)cc1. The molecule has 2 heterocycles. The number of thiazole rings is 1. The lowest BCUT2D eigenvalue weighted by Crippen LogP contribution is -2.12. The number of fused-ring (bicyclic) bond motifs is 1.